The molecule has 0 radical (unpaired) electrons. The predicted molar refractivity (Wildman–Crippen MR) is 110 cm³/mol. The highest BCUT2D eigenvalue weighted by atomic mass is 35.5. The largest absolute Gasteiger partial charge is 0.333 e. The Balaban J connectivity index is 0.00000210. The molecule has 1 aliphatic carbocycles. The molecule has 6 heteroatoms. The van der Waals surface area contributed by atoms with Crippen LogP contribution in [0.1, 0.15) is 53.5 Å². The Morgan fingerprint density at radius 2 is 2.07 bits per heavy atom. The molecule has 2 N–H and O–H groups in total. The molecule has 2 heterocycles. The normalized spacial score (nSPS) is 21.7. The molecular formula is C21H29ClN4O. The van der Waals surface area contributed by atoms with Crippen LogP contribution in [-0.4, -0.2) is 39.7 Å². The quantitative estimate of drug-likeness (QED) is 0.877. The third-order valence-corrected chi connectivity index (χ3v) is 5.99. The number of amides is 1. The van der Waals surface area contributed by atoms with Crippen LogP contribution in [0.25, 0.3) is 5.69 Å². The maximum absolute atomic E-state index is 13.4. The summed E-state index contributed by atoms with van der Waals surface area (Å²) in [5.74, 6) is 0.695. The molecule has 0 spiro atoms. The number of carbonyl (C=O) groups is 1. The standard InChI is InChI=1S/C21H28N4O.ClH/c1-14-10-11-24(16(12-14)13-22)21(26)20-17-7-5-9-19(17)25(23-20)18-8-4-3-6-15(18)2;/h3-4,6,8,14,16H,5,7,9-13,22H2,1-2H3;1H. The van der Waals surface area contributed by atoms with Crippen molar-refractivity contribution in [1.82, 2.24) is 14.7 Å². The second kappa shape index (κ2) is 8.03. The highest BCUT2D eigenvalue weighted by Crippen LogP contribution is 2.31. The molecule has 0 bridgehead atoms. The first-order valence-corrected chi connectivity index (χ1v) is 9.78. The molecule has 2 aromatic rings. The molecule has 1 aromatic heterocycles. The van der Waals surface area contributed by atoms with Crippen LogP contribution in [0, 0.1) is 12.8 Å². The lowest BCUT2D eigenvalue weighted by Crippen LogP contribution is -2.49. The minimum atomic E-state index is 0. The molecule has 2 aliphatic rings. The highest BCUT2D eigenvalue weighted by molar-refractivity contribution is 5.94. The summed E-state index contributed by atoms with van der Waals surface area (Å²) in [5.41, 5.74) is 11.2. The molecule has 2 atom stereocenters. The van der Waals surface area contributed by atoms with Gasteiger partial charge in [-0.1, -0.05) is 25.1 Å². The second-order valence-corrected chi connectivity index (χ2v) is 7.84. The van der Waals surface area contributed by atoms with E-state index in [1.165, 1.54) is 11.3 Å². The zero-order valence-electron chi connectivity index (χ0n) is 16.1. The number of fused-ring (bicyclic) bond motifs is 1. The van der Waals surface area contributed by atoms with Crippen molar-refractivity contribution >= 4 is 18.3 Å². The molecule has 4 rings (SSSR count). The van der Waals surface area contributed by atoms with Gasteiger partial charge in [-0.25, -0.2) is 4.68 Å². The number of likely N-dealkylation sites (tertiary alicyclic amines) is 1. The van der Waals surface area contributed by atoms with Crippen molar-refractivity contribution in [3.05, 3.63) is 46.8 Å². The van der Waals surface area contributed by atoms with Gasteiger partial charge >= 0.3 is 0 Å². The minimum absolute atomic E-state index is 0. The zero-order chi connectivity index (χ0) is 18.3. The summed E-state index contributed by atoms with van der Waals surface area (Å²) in [4.78, 5) is 15.3. The Morgan fingerprint density at radius 1 is 1.30 bits per heavy atom. The van der Waals surface area contributed by atoms with Crippen LogP contribution in [-0.2, 0) is 12.8 Å². The number of piperidine rings is 1. The van der Waals surface area contributed by atoms with Gasteiger partial charge in [-0.05, 0) is 56.6 Å². The van der Waals surface area contributed by atoms with Gasteiger partial charge < -0.3 is 10.6 Å². The van der Waals surface area contributed by atoms with E-state index < -0.39 is 0 Å². The number of hydrogen-bond donors (Lipinski definition) is 1. The molecule has 2 unspecified atom stereocenters. The van der Waals surface area contributed by atoms with Gasteiger partial charge in [-0.3, -0.25) is 4.79 Å². The van der Waals surface area contributed by atoms with Crippen molar-refractivity contribution in [3.8, 4) is 5.69 Å². The SMILES string of the molecule is Cc1ccccc1-n1nc(C(=O)N2CCC(C)CC2CN)c2c1CCC2.Cl. The molecule has 1 aromatic carbocycles. The van der Waals surface area contributed by atoms with Gasteiger partial charge in [0.2, 0.25) is 0 Å². The molecule has 0 saturated carbocycles. The molecule has 1 amide bonds. The van der Waals surface area contributed by atoms with Crippen LogP contribution in [0.5, 0.6) is 0 Å². The second-order valence-electron chi connectivity index (χ2n) is 7.84. The van der Waals surface area contributed by atoms with Crippen LogP contribution >= 0.6 is 12.4 Å². The lowest BCUT2D eigenvalue weighted by Gasteiger charge is -2.37. The monoisotopic (exact) mass is 388 g/mol. The van der Waals surface area contributed by atoms with Crippen molar-refractivity contribution in [2.24, 2.45) is 11.7 Å². The summed E-state index contributed by atoms with van der Waals surface area (Å²) in [6, 6.07) is 8.38. The van der Waals surface area contributed by atoms with E-state index in [-0.39, 0.29) is 24.4 Å². The lowest BCUT2D eigenvalue weighted by molar-refractivity contribution is 0.0566. The van der Waals surface area contributed by atoms with E-state index >= 15 is 0 Å². The van der Waals surface area contributed by atoms with Crippen molar-refractivity contribution in [2.75, 3.05) is 13.1 Å². The maximum Gasteiger partial charge on any atom is 0.274 e. The van der Waals surface area contributed by atoms with E-state index in [0.29, 0.717) is 18.2 Å². The number of carbonyl (C=O) groups excluding carboxylic acids is 1. The van der Waals surface area contributed by atoms with Crippen molar-refractivity contribution in [2.45, 2.75) is 52.0 Å². The van der Waals surface area contributed by atoms with E-state index in [2.05, 4.69) is 26.0 Å². The summed E-state index contributed by atoms with van der Waals surface area (Å²) >= 11 is 0. The van der Waals surface area contributed by atoms with E-state index in [4.69, 9.17) is 10.8 Å². The van der Waals surface area contributed by atoms with Gasteiger partial charge in [0.25, 0.3) is 5.91 Å². The molecular weight excluding hydrogens is 360 g/mol. The number of rotatable bonds is 3. The number of nitrogens with zero attached hydrogens (tertiary/aromatic N) is 3. The van der Waals surface area contributed by atoms with Crippen LogP contribution < -0.4 is 5.73 Å². The third kappa shape index (κ3) is 3.50. The topological polar surface area (TPSA) is 64.2 Å². The minimum Gasteiger partial charge on any atom is -0.333 e. The van der Waals surface area contributed by atoms with Gasteiger partial charge in [0.05, 0.1) is 5.69 Å². The van der Waals surface area contributed by atoms with Crippen molar-refractivity contribution in [3.63, 3.8) is 0 Å². The zero-order valence-corrected chi connectivity index (χ0v) is 17.0. The first kappa shape index (κ1) is 19.9. The number of benzene rings is 1. The van der Waals surface area contributed by atoms with E-state index in [0.717, 1.165) is 49.9 Å². The van der Waals surface area contributed by atoms with E-state index in [9.17, 15) is 4.79 Å². The van der Waals surface area contributed by atoms with Gasteiger partial charge in [-0.2, -0.15) is 5.10 Å². The maximum atomic E-state index is 13.4. The van der Waals surface area contributed by atoms with Crippen LogP contribution in [0.3, 0.4) is 0 Å². The number of nitrogens with two attached hydrogens (primary N) is 1. The fourth-order valence-electron chi connectivity index (χ4n) is 4.49. The summed E-state index contributed by atoms with van der Waals surface area (Å²) in [6.45, 7) is 5.65. The molecule has 5 nitrogen and oxygen atoms in total. The Hall–Kier alpha value is -1.85. The number of aryl methyl sites for hydroxylation is 1. The van der Waals surface area contributed by atoms with Gasteiger partial charge in [0.1, 0.15) is 0 Å². The highest BCUT2D eigenvalue weighted by Gasteiger charge is 2.34. The van der Waals surface area contributed by atoms with Crippen LogP contribution in [0.15, 0.2) is 24.3 Å². The number of aromatic nitrogens is 2. The Labute approximate surface area is 167 Å². The van der Waals surface area contributed by atoms with Crippen molar-refractivity contribution < 1.29 is 4.79 Å². The first-order valence-electron chi connectivity index (χ1n) is 9.78. The number of hydrogen-bond acceptors (Lipinski definition) is 3. The lowest BCUT2D eigenvalue weighted by atomic mass is 9.92. The average molecular weight is 389 g/mol. The Bertz CT molecular complexity index is 832. The predicted octanol–water partition coefficient (Wildman–Crippen LogP) is 3.29. The summed E-state index contributed by atoms with van der Waals surface area (Å²) in [7, 11) is 0. The Kier molecular flexibility index (Phi) is 5.92. The summed E-state index contributed by atoms with van der Waals surface area (Å²) in [5, 5.41) is 4.81. The van der Waals surface area contributed by atoms with Gasteiger partial charge in [0, 0.05) is 30.4 Å². The molecule has 146 valence electrons. The molecule has 1 aliphatic heterocycles. The molecule has 1 saturated heterocycles. The van der Waals surface area contributed by atoms with Crippen LogP contribution in [0.4, 0.5) is 0 Å². The Morgan fingerprint density at radius 3 is 2.81 bits per heavy atom. The van der Waals surface area contributed by atoms with Crippen molar-refractivity contribution in [1.29, 1.82) is 0 Å². The average Bonchev–Trinajstić information content (AvgIpc) is 3.24. The fourth-order valence-corrected chi connectivity index (χ4v) is 4.49. The first-order chi connectivity index (χ1) is 12.6. The third-order valence-electron chi connectivity index (χ3n) is 5.99. The van der Waals surface area contributed by atoms with E-state index in [1.807, 2.05) is 21.7 Å². The summed E-state index contributed by atoms with van der Waals surface area (Å²) < 4.78 is 2.01. The summed E-state index contributed by atoms with van der Waals surface area (Å²) in [6.07, 6.45) is 5.06. The molecule has 27 heavy (non-hydrogen) atoms. The van der Waals surface area contributed by atoms with Gasteiger partial charge in [-0.15, -0.1) is 12.4 Å². The van der Waals surface area contributed by atoms with Crippen LogP contribution in [0.2, 0.25) is 0 Å². The number of para-hydroxylation sites is 1. The van der Waals surface area contributed by atoms with E-state index in [1.54, 1.807) is 0 Å². The number of halogens is 1. The smallest absolute Gasteiger partial charge is 0.274 e. The fraction of sp³-hybridized carbons (Fsp3) is 0.524. The van der Waals surface area contributed by atoms with Gasteiger partial charge in [0.15, 0.2) is 5.69 Å². The molecule has 1 fully saturated rings.